The molecular weight excluding hydrogens is 217 g/mol. The van der Waals surface area contributed by atoms with Crippen LogP contribution in [0, 0.1) is 12.7 Å². The molecule has 1 aromatic carbocycles. The maximum Gasteiger partial charge on any atom is 0.165 e. The fraction of sp³-hybridized carbons (Fsp3) is 0.571. The van der Waals surface area contributed by atoms with Crippen molar-refractivity contribution in [3.63, 3.8) is 0 Å². The Balaban J connectivity index is 2.36. The first-order chi connectivity index (χ1) is 8.19. The number of halogens is 1. The Morgan fingerprint density at radius 1 is 1.35 bits per heavy atom. The largest absolute Gasteiger partial charge is 0.485 e. The van der Waals surface area contributed by atoms with E-state index in [1.54, 1.807) is 0 Å². The number of hydrogen-bond acceptors (Lipinski definition) is 2. The van der Waals surface area contributed by atoms with Crippen molar-refractivity contribution in [3.05, 3.63) is 29.1 Å². The van der Waals surface area contributed by atoms with Crippen LogP contribution in [0.15, 0.2) is 12.1 Å². The van der Waals surface area contributed by atoms with Crippen molar-refractivity contribution in [2.24, 2.45) is 0 Å². The number of rotatable bonds is 4. The summed E-state index contributed by atoms with van der Waals surface area (Å²) in [4.78, 5) is 0. The molecule has 1 heterocycles. The average molecular weight is 237 g/mol. The van der Waals surface area contributed by atoms with Gasteiger partial charge in [0.15, 0.2) is 11.6 Å². The minimum absolute atomic E-state index is 0.0483. The average Bonchev–Trinajstić information content (AvgIpc) is 2.71. The van der Waals surface area contributed by atoms with E-state index in [1.165, 1.54) is 6.07 Å². The molecular formula is C14H20FNO. The summed E-state index contributed by atoms with van der Waals surface area (Å²) in [5.41, 5.74) is 2.11. The van der Waals surface area contributed by atoms with Crippen LogP contribution in [0.3, 0.4) is 0 Å². The zero-order chi connectivity index (χ0) is 12.4. The first-order valence-corrected chi connectivity index (χ1v) is 6.38. The summed E-state index contributed by atoms with van der Waals surface area (Å²) >= 11 is 0. The normalized spacial score (nSPS) is 22.4. The molecule has 2 rings (SSSR count). The van der Waals surface area contributed by atoms with E-state index in [2.05, 4.69) is 19.2 Å². The standard InChI is InChI=1S/C14H20FNO/c1-4-8-16-13-11(5-2)17-14-10(15)7-6-9(3)12(13)14/h6-7,11,13,16H,4-5,8H2,1-3H3. The van der Waals surface area contributed by atoms with E-state index in [1.807, 2.05) is 13.0 Å². The Hall–Kier alpha value is -1.09. The third kappa shape index (κ3) is 2.16. The lowest BCUT2D eigenvalue weighted by molar-refractivity contribution is 0.179. The van der Waals surface area contributed by atoms with Gasteiger partial charge in [-0.3, -0.25) is 0 Å². The molecule has 1 aliphatic heterocycles. The van der Waals surface area contributed by atoms with Crippen molar-refractivity contribution in [1.29, 1.82) is 0 Å². The lowest BCUT2D eigenvalue weighted by Crippen LogP contribution is -2.31. The molecule has 17 heavy (non-hydrogen) atoms. The fourth-order valence-corrected chi connectivity index (χ4v) is 2.44. The third-order valence-electron chi connectivity index (χ3n) is 3.33. The van der Waals surface area contributed by atoms with Crippen LogP contribution >= 0.6 is 0 Å². The predicted molar refractivity (Wildman–Crippen MR) is 66.9 cm³/mol. The van der Waals surface area contributed by atoms with Crippen LogP contribution in [-0.2, 0) is 0 Å². The predicted octanol–water partition coefficient (Wildman–Crippen LogP) is 3.35. The number of ether oxygens (including phenoxy) is 1. The van der Waals surface area contributed by atoms with Gasteiger partial charge in [-0.1, -0.05) is 19.9 Å². The lowest BCUT2D eigenvalue weighted by atomic mass is 9.97. The third-order valence-corrected chi connectivity index (χ3v) is 3.33. The number of benzene rings is 1. The number of fused-ring (bicyclic) bond motifs is 1. The van der Waals surface area contributed by atoms with Gasteiger partial charge in [-0.05, 0) is 37.9 Å². The van der Waals surface area contributed by atoms with E-state index in [0.717, 1.165) is 30.5 Å². The molecule has 1 N–H and O–H groups in total. The second kappa shape index (κ2) is 5.05. The molecule has 2 unspecified atom stereocenters. The lowest BCUT2D eigenvalue weighted by Gasteiger charge is -2.19. The quantitative estimate of drug-likeness (QED) is 0.867. The highest BCUT2D eigenvalue weighted by Gasteiger charge is 2.35. The van der Waals surface area contributed by atoms with E-state index in [9.17, 15) is 4.39 Å². The molecule has 2 nitrogen and oxygen atoms in total. The van der Waals surface area contributed by atoms with Crippen LogP contribution in [-0.4, -0.2) is 12.6 Å². The summed E-state index contributed by atoms with van der Waals surface area (Å²) in [5, 5.41) is 3.46. The van der Waals surface area contributed by atoms with Gasteiger partial charge in [0.05, 0.1) is 6.04 Å². The highest BCUT2D eigenvalue weighted by atomic mass is 19.1. The second-order valence-corrected chi connectivity index (χ2v) is 4.60. The molecule has 0 aromatic heterocycles. The monoisotopic (exact) mass is 237 g/mol. The van der Waals surface area contributed by atoms with Crippen LogP contribution in [0.1, 0.15) is 43.9 Å². The van der Waals surface area contributed by atoms with E-state index < -0.39 is 0 Å². The SMILES string of the molecule is CCCNC1c2c(C)ccc(F)c2OC1CC. The molecule has 0 bridgehead atoms. The van der Waals surface area contributed by atoms with E-state index in [-0.39, 0.29) is 18.0 Å². The van der Waals surface area contributed by atoms with Gasteiger partial charge in [0, 0.05) is 5.56 Å². The summed E-state index contributed by atoms with van der Waals surface area (Å²) in [6.45, 7) is 7.15. The topological polar surface area (TPSA) is 21.3 Å². The van der Waals surface area contributed by atoms with Gasteiger partial charge in [0.2, 0.25) is 0 Å². The van der Waals surface area contributed by atoms with Crippen molar-refractivity contribution in [1.82, 2.24) is 5.32 Å². The van der Waals surface area contributed by atoms with E-state index in [4.69, 9.17) is 4.74 Å². The van der Waals surface area contributed by atoms with Crippen LogP contribution in [0.25, 0.3) is 0 Å². The molecule has 0 saturated carbocycles. The summed E-state index contributed by atoms with van der Waals surface area (Å²) in [6.07, 6.45) is 2.00. The molecule has 94 valence electrons. The van der Waals surface area contributed by atoms with Crippen LogP contribution in [0.5, 0.6) is 5.75 Å². The minimum atomic E-state index is -0.246. The van der Waals surface area contributed by atoms with Gasteiger partial charge in [-0.15, -0.1) is 0 Å². The molecule has 0 radical (unpaired) electrons. The number of aryl methyl sites for hydroxylation is 1. The van der Waals surface area contributed by atoms with Gasteiger partial charge < -0.3 is 10.1 Å². The zero-order valence-corrected chi connectivity index (χ0v) is 10.7. The molecule has 0 aliphatic carbocycles. The Labute approximate surface area is 102 Å². The van der Waals surface area contributed by atoms with Crippen LogP contribution in [0.2, 0.25) is 0 Å². The van der Waals surface area contributed by atoms with Gasteiger partial charge in [0.1, 0.15) is 6.10 Å². The molecule has 3 heteroatoms. The maximum absolute atomic E-state index is 13.7. The van der Waals surface area contributed by atoms with Crippen LogP contribution < -0.4 is 10.1 Å². The Morgan fingerprint density at radius 3 is 2.76 bits per heavy atom. The van der Waals surface area contributed by atoms with Gasteiger partial charge in [-0.25, -0.2) is 4.39 Å². The second-order valence-electron chi connectivity index (χ2n) is 4.60. The van der Waals surface area contributed by atoms with Crippen molar-refractivity contribution < 1.29 is 9.13 Å². The van der Waals surface area contributed by atoms with Gasteiger partial charge in [-0.2, -0.15) is 0 Å². The highest BCUT2D eigenvalue weighted by molar-refractivity contribution is 5.46. The maximum atomic E-state index is 13.7. The molecule has 2 atom stereocenters. The van der Waals surface area contributed by atoms with Crippen molar-refractivity contribution in [2.75, 3.05) is 6.54 Å². The van der Waals surface area contributed by atoms with Gasteiger partial charge in [0.25, 0.3) is 0 Å². The molecule has 0 fully saturated rings. The van der Waals surface area contributed by atoms with Crippen molar-refractivity contribution >= 4 is 0 Å². The summed E-state index contributed by atoms with van der Waals surface area (Å²) < 4.78 is 19.5. The summed E-state index contributed by atoms with van der Waals surface area (Å²) in [5.74, 6) is 0.204. The Morgan fingerprint density at radius 2 is 2.12 bits per heavy atom. The van der Waals surface area contributed by atoms with Crippen molar-refractivity contribution in [2.45, 2.75) is 45.8 Å². The fourth-order valence-electron chi connectivity index (χ4n) is 2.44. The molecule has 0 spiro atoms. The van der Waals surface area contributed by atoms with E-state index in [0.29, 0.717) is 5.75 Å². The molecule has 0 saturated heterocycles. The first kappa shape index (κ1) is 12.4. The zero-order valence-electron chi connectivity index (χ0n) is 10.7. The molecule has 1 aliphatic rings. The molecule has 0 amide bonds. The molecule has 1 aromatic rings. The van der Waals surface area contributed by atoms with Crippen molar-refractivity contribution in [3.8, 4) is 5.75 Å². The van der Waals surface area contributed by atoms with E-state index >= 15 is 0 Å². The highest BCUT2D eigenvalue weighted by Crippen LogP contribution is 2.41. The smallest absolute Gasteiger partial charge is 0.165 e. The van der Waals surface area contributed by atoms with Gasteiger partial charge >= 0.3 is 0 Å². The summed E-state index contributed by atoms with van der Waals surface area (Å²) in [7, 11) is 0. The minimum Gasteiger partial charge on any atom is -0.485 e. The summed E-state index contributed by atoms with van der Waals surface area (Å²) in [6, 6.07) is 3.45. The Kier molecular flexibility index (Phi) is 3.67. The van der Waals surface area contributed by atoms with Crippen LogP contribution in [0.4, 0.5) is 4.39 Å². The number of hydrogen-bond donors (Lipinski definition) is 1. The number of nitrogens with one attached hydrogen (secondary N) is 1. The first-order valence-electron chi connectivity index (χ1n) is 6.38. The Bertz CT molecular complexity index is 405.